The van der Waals surface area contributed by atoms with Crippen LogP contribution in [0.25, 0.3) is 0 Å². The molecule has 0 aliphatic heterocycles. The molecule has 3 rings (SSSR count). The Balaban J connectivity index is 2.01. The summed E-state index contributed by atoms with van der Waals surface area (Å²) in [5.41, 5.74) is 4.10. The summed E-state index contributed by atoms with van der Waals surface area (Å²) in [5, 5.41) is 9.30. The zero-order chi connectivity index (χ0) is 22.3. The summed E-state index contributed by atoms with van der Waals surface area (Å²) in [6.07, 6.45) is 3.61. The van der Waals surface area contributed by atoms with E-state index < -0.39 is 5.92 Å². The zero-order valence-corrected chi connectivity index (χ0v) is 23.1. The Morgan fingerprint density at radius 2 is 1.73 bits per heavy atom. The fourth-order valence-corrected chi connectivity index (χ4v) is 6.65. The van der Waals surface area contributed by atoms with Gasteiger partial charge in [-0.1, -0.05) is 0 Å². The maximum atomic E-state index is 14.0. The van der Waals surface area contributed by atoms with E-state index in [1.165, 1.54) is 54.8 Å². The van der Waals surface area contributed by atoms with Crippen LogP contribution in [-0.4, -0.2) is 11.1 Å². The fourth-order valence-electron chi connectivity index (χ4n) is 4.29. The summed E-state index contributed by atoms with van der Waals surface area (Å²) in [5.74, 6) is -2.86. The van der Waals surface area contributed by atoms with Gasteiger partial charge in [0.15, 0.2) is 0 Å². The van der Waals surface area contributed by atoms with E-state index in [1.807, 2.05) is 6.92 Å². The molecule has 1 aliphatic carbocycles. The summed E-state index contributed by atoms with van der Waals surface area (Å²) in [4.78, 5) is 0. The van der Waals surface area contributed by atoms with Gasteiger partial charge in [0.25, 0.3) is 0 Å². The van der Waals surface area contributed by atoms with Crippen LogP contribution in [0, 0.1) is 12.3 Å². The normalized spacial score (nSPS) is 16.7. The predicted molar refractivity (Wildman–Crippen MR) is 127 cm³/mol. The Kier molecular flexibility index (Phi) is 7.36. The van der Waals surface area contributed by atoms with Crippen molar-refractivity contribution in [1.29, 1.82) is 0 Å². The van der Waals surface area contributed by atoms with Gasteiger partial charge >= 0.3 is 195 Å². The number of alkyl halides is 2. The number of aryl methyl sites for hydroxylation is 1. The second kappa shape index (κ2) is 9.15. The molecule has 0 heterocycles. The Morgan fingerprint density at radius 3 is 2.20 bits per heavy atom. The third kappa shape index (κ3) is 5.10. The van der Waals surface area contributed by atoms with Gasteiger partial charge in [-0.3, -0.25) is 0 Å². The van der Waals surface area contributed by atoms with E-state index in [0.29, 0.717) is 0 Å². The van der Waals surface area contributed by atoms with Crippen molar-refractivity contribution in [2.45, 2.75) is 52.0 Å². The SMILES string of the molecule is CNc1cc(C(C)(F)F)cc(C)c1[C](=[W])NC(c1cc(P)cc(P)c1)C1(C)CCC1. The van der Waals surface area contributed by atoms with Crippen molar-refractivity contribution in [3.8, 4) is 0 Å². The molecule has 30 heavy (non-hydrogen) atoms. The second-order valence-electron chi connectivity index (χ2n) is 8.70. The molecule has 0 radical (unpaired) electrons. The van der Waals surface area contributed by atoms with E-state index in [-0.39, 0.29) is 17.0 Å². The number of rotatable bonds is 7. The minimum atomic E-state index is -2.86. The number of hydrogen-bond acceptors (Lipinski definition) is 2. The summed E-state index contributed by atoms with van der Waals surface area (Å²) in [6.45, 7) is 5.21. The molecule has 2 N–H and O–H groups in total. The van der Waals surface area contributed by atoms with Crippen molar-refractivity contribution in [1.82, 2.24) is 5.32 Å². The van der Waals surface area contributed by atoms with Gasteiger partial charge in [0.1, 0.15) is 0 Å². The van der Waals surface area contributed by atoms with Crippen LogP contribution in [0.1, 0.15) is 61.4 Å². The Hall–Kier alpha value is -0.522. The van der Waals surface area contributed by atoms with E-state index in [9.17, 15) is 8.78 Å². The summed E-state index contributed by atoms with van der Waals surface area (Å²) in [6, 6.07) is 9.97. The van der Waals surface area contributed by atoms with E-state index in [4.69, 9.17) is 0 Å². The van der Waals surface area contributed by atoms with Gasteiger partial charge in [0.2, 0.25) is 0 Å². The average molecular weight is 618 g/mol. The monoisotopic (exact) mass is 618 g/mol. The van der Waals surface area contributed by atoms with E-state index in [1.54, 1.807) is 19.2 Å². The van der Waals surface area contributed by atoms with Crippen molar-refractivity contribution in [3.63, 3.8) is 0 Å². The van der Waals surface area contributed by atoms with Crippen LogP contribution in [-0.2, 0) is 25.3 Å². The summed E-state index contributed by atoms with van der Waals surface area (Å²) >= 11 is 1.29. The average Bonchev–Trinajstić information content (AvgIpc) is 2.61. The van der Waals surface area contributed by atoms with Crippen molar-refractivity contribution in [2.24, 2.45) is 5.41 Å². The molecule has 0 spiro atoms. The third-order valence-corrected chi connectivity index (χ3v) is 7.96. The predicted octanol–water partition coefficient (Wildman–Crippen LogP) is 4.70. The molecule has 7 heteroatoms. The zero-order valence-electron chi connectivity index (χ0n) is 17.9. The van der Waals surface area contributed by atoms with Crippen LogP contribution < -0.4 is 21.2 Å². The van der Waals surface area contributed by atoms with Crippen LogP contribution in [0.3, 0.4) is 0 Å². The summed E-state index contributed by atoms with van der Waals surface area (Å²) < 4.78 is 29.0. The first-order chi connectivity index (χ1) is 13.9. The molecular weight excluding hydrogens is 588 g/mol. The van der Waals surface area contributed by atoms with Gasteiger partial charge in [-0.05, 0) is 0 Å². The summed E-state index contributed by atoms with van der Waals surface area (Å²) in [7, 11) is 7.39. The van der Waals surface area contributed by atoms with Crippen LogP contribution in [0.4, 0.5) is 14.5 Å². The number of hydrogen-bond donors (Lipinski definition) is 2. The number of halogens is 2. The molecule has 2 aromatic rings. The molecule has 3 unspecified atom stereocenters. The number of benzene rings is 2. The molecule has 0 bridgehead atoms. The van der Waals surface area contributed by atoms with Crippen molar-refractivity contribution < 1.29 is 28.1 Å². The topological polar surface area (TPSA) is 24.1 Å². The molecule has 0 amide bonds. The van der Waals surface area contributed by atoms with Crippen LogP contribution in [0.5, 0.6) is 0 Å². The molecule has 1 aliphatic rings. The second-order valence-corrected chi connectivity index (χ2v) is 11.5. The van der Waals surface area contributed by atoms with Crippen LogP contribution >= 0.6 is 18.5 Å². The first-order valence-electron chi connectivity index (χ1n) is 10.1. The van der Waals surface area contributed by atoms with Gasteiger partial charge in [-0.25, -0.2) is 0 Å². The van der Waals surface area contributed by atoms with Gasteiger partial charge < -0.3 is 0 Å². The van der Waals surface area contributed by atoms with Crippen LogP contribution in [0.15, 0.2) is 30.3 Å². The molecular formula is C23H30F2N2P2W. The van der Waals surface area contributed by atoms with Gasteiger partial charge in [-0.2, -0.15) is 0 Å². The molecule has 162 valence electrons. The van der Waals surface area contributed by atoms with E-state index >= 15 is 0 Å². The quantitative estimate of drug-likeness (QED) is 0.441. The van der Waals surface area contributed by atoms with Crippen molar-refractivity contribution in [3.05, 3.63) is 52.6 Å². The third-order valence-electron chi connectivity index (χ3n) is 6.14. The molecule has 1 fully saturated rings. The van der Waals surface area contributed by atoms with E-state index in [0.717, 1.165) is 27.8 Å². The molecule has 2 nitrogen and oxygen atoms in total. The van der Waals surface area contributed by atoms with Crippen LogP contribution in [0.2, 0.25) is 0 Å². The molecule has 3 atom stereocenters. The maximum absolute atomic E-state index is 14.0. The van der Waals surface area contributed by atoms with Gasteiger partial charge in [0.05, 0.1) is 0 Å². The Bertz CT molecular complexity index is 948. The molecule has 0 saturated heterocycles. The Labute approximate surface area is 194 Å². The first kappa shape index (κ1) is 24.1. The van der Waals surface area contributed by atoms with Crippen molar-refractivity contribution in [2.75, 3.05) is 12.4 Å². The van der Waals surface area contributed by atoms with Gasteiger partial charge in [0, 0.05) is 0 Å². The molecule has 1 saturated carbocycles. The fraction of sp³-hybridized carbons (Fsp3) is 0.435. The Morgan fingerprint density at radius 1 is 1.13 bits per heavy atom. The minimum absolute atomic E-state index is 0.0433. The van der Waals surface area contributed by atoms with E-state index in [2.05, 4.69) is 54.2 Å². The standard InChI is InChI=1S/C23H30F2N2P2.W/c1-14-8-16(23(3,24)25)11-20(26-4)19(14)13-27-21(22(2)6-5-7-22)15-9-17(28)12-18(29)10-15;/h8-12,21,26-27H,5-7,28-29H2,1-4H3;. The number of anilines is 1. The number of nitrogens with one attached hydrogen (secondary N) is 2. The molecule has 0 aromatic heterocycles. The van der Waals surface area contributed by atoms with Gasteiger partial charge in [-0.15, -0.1) is 0 Å². The molecule has 2 aromatic carbocycles. The first-order valence-corrected chi connectivity index (χ1v) is 12.7. The van der Waals surface area contributed by atoms with Crippen molar-refractivity contribution >= 4 is 38.8 Å².